The largest absolute Gasteiger partial charge is 0.271 e. The zero-order valence-electron chi connectivity index (χ0n) is 12.4. The van der Waals surface area contributed by atoms with Crippen LogP contribution in [0.3, 0.4) is 0 Å². The second-order valence-corrected chi connectivity index (χ2v) is 6.45. The van der Waals surface area contributed by atoms with E-state index in [4.69, 9.17) is 5.84 Å². The molecule has 3 heteroatoms. The van der Waals surface area contributed by atoms with Crippen molar-refractivity contribution >= 4 is 22.6 Å². The summed E-state index contributed by atoms with van der Waals surface area (Å²) in [6.45, 7) is 8.57. The molecule has 2 aromatic rings. The van der Waals surface area contributed by atoms with Gasteiger partial charge in [0.25, 0.3) is 0 Å². The van der Waals surface area contributed by atoms with Gasteiger partial charge in [-0.15, -0.1) is 0 Å². The number of rotatable bonds is 3. The topological polar surface area (TPSA) is 38.0 Å². The molecule has 1 atom stereocenters. The predicted octanol–water partition coefficient (Wildman–Crippen LogP) is 4.08. The number of benzene rings is 2. The van der Waals surface area contributed by atoms with Crippen LogP contribution in [0.1, 0.15) is 39.4 Å². The highest BCUT2D eigenvalue weighted by atomic mass is 127. The summed E-state index contributed by atoms with van der Waals surface area (Å²) in [4.78, 5) is 0. The lowest BCUT2D eigenvalue weighted by Gasteiger charge is -2.22. The Labute approximate surface area is 134 Å². The van der Waals surface area contributed by atoms with E-state index >= 15 is 0 Å². The number of hydrogen-bond acceptors (Lipinski definition) is 2. The van der Waals surface area contributed by atoms with Crippen LogP contribution in [0.5, 0.6) is 0 Å². The molecule has 20 heavy (non-hydrogen) atoms. The molecule has 0 aliphatic rings. The van der Waals surface area contributed by atoms with Gasteiger partial charge < -0.3 is 0 Å². The van der Waals surface area contributed by atoms with Crippen LogP contribution in [0.2, 0.25) is 0 Å². The van der Waals surface area contributed by atoms with Crippen LogP contribution in [-0.4, -0.2) is 0 Å². The lowest BCUT2D eigenvalue weighted by Crippen LogP contribution is -2.30. The molecule has 0 bridgehead atoms. The van der Waals surface area contributed by atoms with Crippen molar-refractivity contribution in [1.82, 2.24) is 5.43 Å². The van der Waals surface area contributed by atoms with Crippen LogP contribution in [0.25, 0.3) is 0 Å². The third-order valence-electron chi connectivity index (χ3n) is 3.89. The predicted molar refractivity (Wildman–Crippen MR) is 93.7 cm³/mol. The van der Waals surface area contributed by atoms with E-state index in [1.165, 1.54) is 37.0 Å². The van der Waals surface area contributed by atoms with E-state index in [9.17, 15) is 0 Å². The van der Waals surface area contributed by atoms with Crippen molar-refractivity contribution in [3.8, 4) is 0 Å². The van der Waals surface area contributed by atoms with E-state index in [0.29, 0.717) is 0 Å². The van der Waals surface area contributed by atoms with Crippen LogP contribution < -0.4 is 11.3 Å². The first-order valence-electron chi connectivity index (χ1n) is 6.74. The van der Waals surface area contributed by atoms with Crippen LogP contribution >= 0.6 is 22.6 Å². The summed E-state index contributed by atoms with van der Waals surface area (Å²) in [5.74, 6) is 5.86. The van der Waals surface area contributed by atoms with E-state index in [0.717, 1.165) is 0 Å². The SMILES string of the molecule is Cc1cc(C)c(C(NN)c2cccc(C)c2I)cc1C. The normalized spacial score (nSPS) is 12.5. The summed E-state index contributed by atoms with van der Waals surface area (Å²) >= 11 is 2.40. The molecule has 0 amide bonds. The molecule has 0 aliphatic heterocycles. The molecule has 0 aliphatic carbocycles. The second kappa shape index (κ2) is 6.24. The van der Waals surface area contributed by atoms with Gasteiger partial charge in [0.1, 0.15) is 0 Å². The molecule has 2 aromatic carbocycles. The van der Waals surface area contributed by atoms with Gasteiger partial charge in [-0.1, -0.05) is 30.3 Å². The van der Waals surface area contributed by atoms with Crippen molar-refractivity contribution in [2.75, 3.05) is 0 Å². The minimum Gasteiger partial charge on any atom is -0.271 e. The van der Waals surface area contributed by atoms with Gasteiger partial charge in [-0.3, -0.25) is 5.84 Å². The Bertz CT molecular complexity index is 635. The van der Waals surface area contributed by atoms with E-state index < -0.39 is 0 Å². The van der Waals surface area contributed by atoms with Crippen molar-refractivity contribution in [2.45, 2.75) is 33.7 Å². The summed E-state index contributed by atoms with van der Waals surface area (Å²) in [6.07, 6.45) is 0. The number of nitrogens with one attached hydrogen (secondary N) is 1. The standard InChI is InChI=1S/C17H21IN2/c1-10-6-5-7-14(16(10)18)17(20-19)15-9-12(3)11(2)8-13(15)4/h5-9,17,20H,19H2,1-4H3. The van der Waals surface area contributed by atoms with E-state index in [2.05, 4.69) is 86.0 Å². The number of aryl methyl sites for hydroxylation is 4. The van der Waals surface area contributed by atoms with Gasteiger partial charge in [0.2, 0.25) is 0 Å². The fourth-order valence-electron chi connectivity index (χ4n) is 2.53. The monoisotopic (exact) mass is 380 g/mol. The molecule has 0 fully saturated rings. The van der Waals surface area contributed by atoms with Gasteiger partial charge in [0.05, 0.1) is 6.04 Å². The number of halogens is 1. The third kappa shape index (κ3) is 2.90. The minimum absolute atomic E-state index is 0.0288. The Balaban J connectivity index is 2.58. The first kappa shape index (κ1) is 15.5. The Morgan fingerprint density at radius 1 is 0.900 bits per heavy atom. The molecular weight excluding hydrogens is 359 g/mol. The van der Waals surface area contributed by atoms with Gasteiger partial charge in [0.15, 0.2) is 0 Å². The van der Waals surface area contributed by atoms with Crippen LogP contribution in [0.4, 0.5) is 0 Å². The van der Waals surface area contributed by atoms with Crippen LogP contribution in [0.15, 0.2) is 30.3 Å². The summed E-state index contributed by atoms with van der Waals surface area (Å²) < 4.78 is 1.27. The average molecular weight is 380 g/mol. The molecular formula is C17H21IN2. The quantitative estimate of drug-likeness (QED) is 0.479. The minimum atomic E-state index is 0.0288. The van der Waals surface area contributed by atoms with Crippen molar-refractivity contribution in [3.05, 3.63) is 67.3 Å². The average Bonchev–Trinajstić information content (AvgIpc) is 2.41. The third-order valence-corrected chi connectivity index (χ3v) is 5.37. The molecule has 0 spiro atoms. The first-order valence-corrected chi connectivity index (χ1v) is 7.82. The summed E-state index contributed by atoms with van der Waals surface area (Å²) in [6, 6.07) is 10.9. The van der Waals surface area contributed by atoms with Gasteiger partial charge in [-0.05, 0) is 83.7 Å². The molecule has 0 heterocycles. The van der Waals surface area contributed by atoms with Crippen molar-refractivity contribution in [1.29, 1.82) is 0 Å². The van der Waals surface area contributed by atoms with Crippen molar-refractivity contribution < 1.29 is 0 Å². The maximum absolute atomic E-state index is 5.86. The van der Waals surface area contributed by atoms with Gasteiger partial charge in [-0.2, -0.15) is 0 Å². The van der Waals surface area contributed by atoms with Crippen molar-refractivity contribution in [2.24, 2.45) is 5.84 Å². The summed E-state index contributed by atoms with van der Waals surface area (Å²) in [5.41, 5.74) is 10.6. The second-order valence-electron chi connectivity index (χ2n) is 5.37. The van der Waals surface area contributed by atoms with Crippen molar-refractivity contribution in [3.63, 3.8) is 0 Å². The Morgan fingerprint density at radius 3 is 2.20 bits per heavy atom. The van der Waals surface area contributed by atoms with Gasteiger partial charge in [-0.25, -0.2) is 5.43 Å². The fraction of sp³-hybridized carbons (Fsp3) is 0.294. The highest BCUT2D eigenvalue weighted by molar-refractivity contribution is 14.1. The van der Waals surface area contributed by atoms with Gasteiger partial charge in [0, 0.05) is 3.57 Å². The summed E-state index contributed by atoms with van der Waals surface area (Å²) in [7, 11) is 0. The molecule has 0 radical (unpaired) electrons. The molecule has 0 saturated carbocycles. The molecule has 0 saturated heterocycles. The zero-order chi connectivity index (χ0) is 14.9. The smallest absolute Gasteiger partial charge is 0.0723 e. The highest BCUT2D eigenvalue weighted by Gasteiger charge is 2.18. The summed E-state index contributed by atoms with van der Waals surface area (Å²) in [5, 5.41) is 0. The maximum Gasteiger partial charge on any atom is 0.0723 e. The van der Waals surface area contributed by atoms with E-state index in [1.54, 1.807) is 0 Å². The number of nitrogens with two attached hydrogens (primary N) is 1. The molecule has 0 aromatic heterocycles. The lowest BCUT2D eigenvalue weighted by molar-refractivity contribution is 0.630. The van der Waals surface area contributed by atoms with E-state index in [1.807, 2.05) is 0 Å². The number of hydrogen-bond donors (Lipinski definition) is 2. The lowest BCUT2D eigenvalue weighted by atomic mass is 9.91. The Kier molecular flexibility index (Phi) is 4.83. The Morgan fingerprint density at radius 2 is 1.55 bits per heavy atom. The van der Waals surface area contributed by atoms with Gasteiger partial charge >= 0.3 is 0 Å². The zero-order valence-corrected chi connectivity index (χ0v) is 14.6. The molecule has 3 N–H and O–H groups in total. The fourth-order valence-corrected chi connectivity index (χ4v) is 3.21. The molecule has 2 rings (SSSR count). The van der Waals surface area contributed by atoms with Crippen LogP contribution in [-0.2, 0) is 0 Å². The molecule has 2 nitrogen and oxygen atoms in total. The van der Waals surface area contributed by atoms with Crippen LogP contribution in [0, 0.1) is 31.3 Å². The number of hydrazine groups is 1. The van der Waals surface area contributed by atoms with E-state index in [-0.39, 0.29) is 6.04 Å². The first-order chi connectivity index (χ1) is 9.45. The molecule has 106 valence electrons. The Hall–Kier alpha value is -0.910. The highest BCUT2D eigenvalue weighted by Crippen LogP contribution is 2.30. The maximum atomic E-state index is 5.86. The molecule has 1 unspecified atom stereocenters.